The molecule has 0 saturated carbocycles. The minimum atomic E-state index is -0.539. The molecule has 74 valence electrons. The second-order valence-corrected chi connectivity index (χ2v) is 2.45. The Morgan fingerprint density at radius 1 is 1.50 bits per heavy atom. The van der Waals surface area contributed by atoms with E-state index < -0.39 is 4.92 Å². The number of methoxy groups -OCH3 is 1. The maximum atomic E-state index is 9.99. The van der Waals surface area contributed by atoms with E-state index in [1.165, 1.54) is 13.3 Å². The van der Waals surface area contributed by atoms with E-state index in [0.29, 0.717) is 11.4 Å². The molecule has 0 aliphatic rings. The molecule has 0 unspecified atom stereocenters. The van der Waals surface area contributed by atoms with Crippen molar-refractivity contribution in [3.05, 3.63) is 46.8 Å². The minimum Gasteiger partial charge on any atom is -0.495 e. The lowest BCUT2D eigenvalue weighted by Gasteiger charge is -2.05. The van der Waals surface area contributed by atoms with Crippen LogP contribution in [0.25, 0.3) is 0 Å². The van der Waals surface area contributed by atoms with Crippen LogP contribution in [0.15, 0.2) is 36.7 Å². The van der Waals surface area contributed by atoms with Crippen LogP contribution < -0.4 is 10.1 Å². The summed E-state index contributed by atoms with van der Waals surface area (Å²) in [5.74, 6) is 0.639. The first-order valence-electron chi connectivity index (χ1n) is 3.94. The molecule has 1 aromatic carbocycles. The van der Waals surface area contributed by atoms with Crippen molar-refractivity contribution in [1.29, 1.82) is 0 Å². The average Bonchev–Trinajstić information content (AvgIpc) is 2.18. The number of ether oxygens (including phenoxy) is 1. The summed E-state index contributed by atoms with van der Waals surface area (Å²) in [5.41, 5.74) is 0.688. The summed E-state index contributed by atoms with van der Waals surface area (Å²) in [5, 5.41) is 12.7. The molecule has 0 fully saturated rings. The number of rotatable bonds is 4. The highest BCUT2D eigenvalue weighted by molar-refractivity contribution is 5.57. The smallest absolute Gasteiger partial charge is 0.250 e. The molecule has 0 aliphatic carbocycles. The Labute approximate surface area is 81.2 Å². The van der Waals surface area contributed by atoms with Gasteiger partial charge in [-0.3, -0.25) is 10.1 Å². The van der Waals surface area contributed by atoms with Gasteiger partial charge in [-0.2, -0.15) is 0 Å². The van der Waals surface area contributed by atoms with Crippen LogP contribution >= 0.6 is 0 Å². The Hall–Kier alpha value is -2.04. The highest BCUT2D eigenvalue weighted by Crippen LogP contribution is 2.22. The fourth-order valence-corrected chi connectivity index (χ4v) is 0.952. The summed E-state index contributed by atoms with van der Waals surface area (Å²) in [6, 6.07) is 7.16. The zero-order valence-corrected chi connectivity index (χ0v) is 7.64. The van der Waals surface area contributed by atoms with Gasteiger partial charge in [0.25, 0.3) is 0 Å². The summed E-state index contributed by atoms with van der Waals surface area (Å²) in [6.07, 6.45) is 2.07. The summed E-state index contributed by atoms with van der Waals surface area (Å²) in [7, 11) is 1.54. The number of hydrogen-bond acceptors (Lipinski definition) is 4. The van der Waals surface area contributed by atoms with Crippen LogP contribution in [-0.2, 0) is 0 Å². The molecular formula is C9H10N2O3. The number of hydrogen-bond donors (Lipinski definition) is 1. The Balaban J connectivity index is 2.71. The molecule has 0 aliphatic heterocycles. The first-order chi connectivity index (χ1) is 6.74. The van der Waals surface area contributed by atoms with E-state index >= 15 is 0 Å². The number of para-hydroxylation sites is 2. The SMILES string of the molecule is COc1ccccc1N/C=C/[N+](=O)[O-]. The quantitative estimate of drug-likeness (QED) is 0.586. The number of benzene rings is 1. The lowest BCUT2D eigenvalue weighted by Crippen LogP contribution is -1.94. The third-order valence-corrected chi connectivity index (χ3v) is 1.54. The molecule has 0 radical (unpaired) electrons. The van der Waals surface area contributed by atoms with Gasteiger partial charge >= 0.3 is 0 Å². The van der Waals surface area contributed by atoms with Gasteiger partial charge in [0, 0.05) is 0 Å². The van der Waals surface area contributed by atoms with Crippen LogP contribution in [0.2, 0.25) is 0 Å². The Bertz CT molecular complexity index is 350. The van der Waals surface area contributed by atoms with Crippen LogP contribution in [0.4, 0.5) is 5.69 Å². The van der Waals surface area contributed by atoms with E-state index in [1.54, 1.807) is 12.1 Å². The second kappa shape index (κ2) is 4.86. The maximum Gasteiger partial charge on any atom is 0.250 e. The first kappa shape index (κ1) is 10.0. The summed E-state index contributed by atoms with van der Waals surface area (Å²) >= 11 is 0. The largest absolute Gasteiger partial charge is 0.495 e. The van der Waals surface area contributed by atoms with Gasteiger partial charge in [-0.25, -0.2) is 0 Å². The highest BCUT2D eigenvalue weighted by atomic mass is 16.6. The number of nitrogens with zero attached hydrogens (tertiary/aromatic N) is 1. The fraction of sp³-hybridized carbons (Fsp3) is 0.111. The number of nitrogens with one attached hydrogen (secondary N) is 1. The van der Waals surface area contributed by atoms with Crippen molar-refractivity contribution in [2.24, 2.45) is 0 Å². The monoisotopic (exact) mass is 194 g/mol. The normalized spacial score (nSPS) is 10.1. The van der Waals surface area contributed by atoms with Gasteiger partial charge in [-0.05, 0) is 12.1 Å². The van der Waals surface area contributed by atoms with E-state index in [4.69, 9.17) is 4.74 Å². The predicted octanol–water partition coefficient (Wildman–Crippen LogP) is 1.85. The third-order valence-electron chi connectivity index (χ3n) is 1.54. The molecule has 0 amide bonds. The van der Waals surface area contributed by atoms with Crippen molar-refractivity contribution in [3.63, 3.8) is 0 Å². The van der Waals surface area contributed by atoms with Crippen molar-refractivity contribution in [1.82, 2.24) is 0 Å². The molecule has 0 aromatic heterocycles. The van der Waals surface area contributed by atoms with Crippen LogP contribution in [0.3, 0.4) is 0 Å². The Morgan fingerprint density at radius 3 is 2.86 bits per heavy atom. The van der Waals surface area contributed by atoms with E-state index in [1.807, 2.05) is 12.1 Å². The molecule has 1 N–H and O–H groups in total. The fourth-order valence-electron chi connectivity index (χ4n) is 0.952. The summed E-state index contributed by atoms with van der Waals surface area (Å²) in [4.78, 5) is 9.45. The van der Waals surface area contributed by atoms with Gasteiger partial charge in [-0.1, -0.05) is 12.1 Å². The topological polar surface area (TPSA) is 64.4 Å². The Morgan fingerprint density at radius 2 is 2.21 bits per heavy atom. The van der Waals surface area contributed by atoms with Gasteiger partial charge in [0.15, 0.2) is 0 Å². The lowest BCUT2D eigenvalue weighted by molar-refractivity contribution is -0.402. The lowest BCUT2D eigenvalue weighted by atomic mass is 10.3. The molecule has 1 aromatic rings. The van der Waals surface area contributed by atoms with Crippen molar-refractivity contribution in [3.8, 4) is 5.75 Å². The molecule has 0 heterocycles. The van der Waals surface area contributed by atoms with Crippen molar-refractivity contribution in [2.45, 2.75) is 0 Å². The van der Waals surface area contributed by atoms with Crippen LogP contribution in [-0.4, -0.2) is 12.0 Å². The average molecular weight is 194 g/mol. The number of nitro groups is 1. The highest BCUT2D eigenvalue weighted by Gasteiger charge is 1.97. The molecule has 1 rings (SSSR count). The van der Waals surface area contributed by atoms with Crippen LogP contribution in [0.1, 0.15) is 0 Å². The van der Waals surface area contributed by atoms with Crippen molar-refractivity contribution in [2.75, 3.05) is 12.4 Å². The Kier molecular flexibility index (Phi) is 3.49. The van der Waals surface area contributed by atoms with E-state index in [-0.39, 0.29) is 0 Å². The van der Waals surface area contributed by atoms with Crippen molar-refractivity contribution < 1.29 is 9.66 Å². The molecular weight excluding hydrogens is 184 g/mol. The van der Waals surface area contributed by atoms with Gasteiger partial charge in [0.2, 0.25) is 6.20 Å². The van der Waals surface area contributed by atoms with Crippen molar-refractivity contribution >= 4 is 5.69 Å². The molecule has 14 heavy (non-hydrogen) atoms. The zero-order valence-electron chi connectivity index (χ0n) is 7.64. The van der Waals surface area contributed by atoms with E-state index in [2.05, 4.69) is 5.32 Å². The van der Waals surface area contributed by atoms with Gasteiger partial charge in [0.1, 0.15) is 5.75 Å². The van der Waals surface area contributed by atoms with Gasteiger partial charge in [-0.15, -0.1) is 0 Å². The summed E-state index contributed by atoms with van der Waals surface area (Å²) in [6.45, 7) is 0. The summed E-state index contributed by atoms with van der Waals surface area (Å²) < 4.78 is 5.04. The zero-order chi connectivity index (χ0) is 10.4. The van der Waals surface area contributed by atoms with E-state index in [0.717, 1.165) is 6.20 Å². The molecule has 0 atom stereocenters. The predicted molar refractivity (Wildman–Crippen MR) is 52.8 cm³/mol. The van der Waals surface area contributed by atoms with Gasteiger partial charge < -0.3 is 10.1 Å². The van der Waals surface area contributed by atoms with Crippen LogP contribution in [0.5, 0.6) is 5.75 Å². The van der Waals surface area contributed by atoms with Crippen LogP contribution in [0, 0.1) is 10.1 Å². The first-order valence-corrected chi connectivity index (χ1v) is 3.94. The van der Waals surface area contributed by atoms with Gasteiger partial charge in [0.05, 0.1) is 23.9 Å². The molecule has 5 nitrogen and oxygen atoms in total. The molecule has 0 spiro atoms. The molecule has 0 saturated heterocycles. The number of anilines is 1. The maximum absolute atomic E-state index is 9.99. The minimum absolute atomic E-state index is 0.539. The third kappa shape index (κ3) is 2.78. The molecule has 5 heteroatoms. The standard InChI is InChI=1S/C9H10N2O3/c1-14-9-5-3-2-4-8(9)10-6-7-11(12)13/h2-7,10H,1H3/b7-6+. The van der Waals surface area contributed by atoms with E-state index in [9.17, 15) is 10.1 Å². The molecule has 0 bridgehead atoms. The second-order valence-electron chi connectivity index (χ2n) is 2.45.